The molecule has 0 saturated carbocycles. The molecule has 0 spiro atoms. The van der Waals surface area contributed by atoms with Crippen LogP contribution < -0.4 is 10.0 Å². The summed E-state index contributed by atoms with van der Waals surface area (Å²) in [5.41, 5.74) is 3.70. The Morgan fingerprint density at radius 3 is 2.22 bits per heavy atom. The van der Waals surface area contributed by atoms with Crippen LogP contribution in [0.4, 0.5) is 0 Å². The second-order valence-electron chi connectivity index (χ2n) is 7.65. The molecule has 0 bridgehead atoms. The second kappa shape index (κ2) is 7.31. The molecule has 0 amide bonds. The van der Waals surface area contributed by atoms with E-state index < -0.39 is 0 Å². The fourth-order valence-corrected chi connectivity index (χ4v) is 3.34. The summed E-state index contributed by atoms with van der Waals surface area (Å²) in [6, 6.07) is 5.94. The molecule has 3 heteroatoms. The molecule has 0 fully saturated rings. The lowest BCUT2D eigenvalue weighted by molar-refractivity contribution is -0.919. The fraction of sp³-hybridized carbons (Fsp3) is 0.550. The van der Waals surface area contributed by atoms with Gasteiger partial charge in [-0.15, -0.1) is 0 Å². The summed E-state index contributed by atoms with van der Waals surface area (Å²) >= 11 is 0. The lowest BCUT2D eigenvalue weighted by atomic mass is 10.0. The van der Waals surface area contributed by atoms with Crippen LogP contribution in [0.1, 0.15) is 44.5 Å². The van der Waals surface area contributed by atoms with E-state index in [9.17, 15) is 5.11 Å². The normalized spacial score (nSPS) is 12.0. The highest BCUT2D eigenvalue weighted by atomic mass is 16.3. The van der Waals surface area contributed by atoms with E-state index in [-0.39, 0.29) is 5.75 Å². The number of aryl methyl sites for hydroxylation is 2. The van der Waals surface area contributed by atoms with Gasteiger partial charge in [-0.3, -0.25) is 4.98 Å². The Balaban J connectivity index is 2.40. The Kier molecular flexibility index (Phi) is 5.64. The van der Waals surface area contributed by atoms with Crippen molar-refractivity contribution in [2.45, 2.75) is 48.1 Å². The quantitative estimate of drug-likeness (QED) is 0.890. The number of fused-ring (bicyclic) bond motifs is 1. The highest BCUT2D eigenvalue weighted by molar-refractivity contribution is 5.86. The summed E-state index contributed by atoms with van der Waals surface area (Å²) in [6.07, 6.45) is 0. The fourth-order valence-electron chi connectivity index (χ4n) is 3.34. The smallest absolute Gasteiger partial charge is 0.104 e. The van der Waals surface area contributed by atoms with E-state index in [2.05, 4.69) is 32.7 Å². The van der Waals surface area contributed by atoms with Crippen LogP contribution in [-0.4, -0.2) is 18.1 Å². The first-order valence-corrected chi connectivity index (χ1v) is 8.68. The van der Waals surface area contributed by atoms with Crippen LogP contribution in [0, 0.1) is 25.7 Å². The molecule has 1 aromatic carbocycles. The Hall–Kier alpha value is -1.61. The minimum atomic E-state index is 0.168. The van der Waals surface area contributed by atoms with Crippen LogP contribution in [0.5, 0.6) is 5.75 Å². The van der Waals surface area contributed by atoms with Crippen LogP contribution >= 0.6 is 0 Å². The summed E-state index contributed by atoms with van der Waals surface area (Å²) in [4.78, 5) is 6.15. The van der Waals surface area contributed by atoms with Crippen LogP contribution in [0.3, 0.4) is 0 Å². The number of aromatic nitrogens is 1. The largest absolute Gasteiger partial charge is 0.872 e. The standard InChI is InChI=1S/C20H30N2O/c1-13(2)10-22(11-14(3)4)12-18-16(6)21-19-8-7-15(5)9-17(19)20(18)23/h7-9,13-14H,10-12H2,1-6H3,(H,21,23). The van der Waals surface area contributed by atoms with Crippen molar-refractivity contribution in [3.8, 4) is 5.75 Å². The second-order valence-corrected chi connectivity index (χ2v) is 7.65. The molecule has 0 aliphatic carbocycles. The number of rotatable bonds is 6. The van der Waals surface area contributed by atoms with Crippen LogP contribution in [0.2, 0.25) is 0 Å². The molecule has 0 aliphatic rings. The first-order chi connectivity index (χ1) is 10.8. The van der Waals surface area contributed by atoms with Crippen molar-refractivity contribution in [1.82, 2.24) is 4.98 Å². The molecule has 3 nitrogen and oxygen atoms in total. The number of hydrogen-bond donors (Lipinski definition) is 1. The van der Waals surface area contributed by atoms with Gasteiger partial charge in [0.25, 0.3) is 0 Å². The van der Waals surface area contributed by atoms with Crippen molar-refractivity contribution in [1.29, 1.82) is 0 Å². The maximum atomic E-state index is 13.0. The molecule has 0 aliphatic heterocycles. The summed E-state index contributed by atoms with van der Waals surface area (Å²) in [6.45, 7) is 15.9. The van der Waals surface area contributed by atoms with Crippen LogP contribution in [-0.2, 0) is 6.54 Å². The summed E-state index contributed by atoms with van der Waals surface area (Å²) in [5.74, 6) is 1.41. The molecule has 0 atom stereocenters. The zero-order chi connectivity index (χ0) is 17.1. The molecule has 23 heavy (non-hydrogen) atoms. The predicted molar refractivity (Wildman–Crippen MR) is 94.7 cm³/mol. The lowest BCUT2D eigenvalue weighted by Crippen LogP contribution is -3.12. The molecular formula is C20H30N2O. The molecule has 126 valence electrons. The SMILES string of the molecule is Cc1ccc2nc(C)c(C[NH+](CC(C)C)CC(C)C)c([O-])c2c1. The predicted octanol–water partition coefficient (Wildman–Crippen LogP) is 2.62. The third-order valence-corrected chi connectivity index (χ3v) is 4.22. The van der Waals surface area contributed by atoms with Gasteiger partial charge in [-0.2, -0.15) is 0 Å². The first-order valence-electron chi connectivity index (χ1n) is 8.68. The van der Waals surface area contributed by atoms with Gasteiger partial charge < -0.3 is 10.0 Å². The Morgan fingerprint density at radius 1 is 1.04 bits per heavy atom. The topological polar surface area (TPSA) is 40.4 Å². The van der Waals surface area contributed by atoms with Crippen molar-refractivity contribution in [2.24, 2.45) is 11.8 Å². The van der Waals surface area contributed by atoms with Gasteiger partial charge in [0.05, 0.1) is 18.6 Å². The number of benzene rings is 1. The zero-order valence-corrected chi connectivity index (χ0v) is 15.4. The third kappa shape index (κ3) is 4.44. The van der Waals surface area contributed by atoms with Gasteiger partial charge in [0.15, 0.2) is 0 Å². The summed E-state index contributed by atoms with van der Waals surface area (Å²) < 4.78 is 0. The molecule has 1 aromatic heterocycles. The maximum Gasteiger partial charge on any atom is 0.104 e. The molecule has 1 N–H and O–H groups in total. The monoisotopic (exact) mass is 314 g/mol. The maximum absolute atomic E-state index is 13.0. The summed E-state index contributed by atoms with van der Waals surface area (Å²) in [5, 5.41) is 13.7. The molecular weight excluding hydrogens is 284 g/mol. The van der Waals surface area contributed by atoms with E-state index in [4.69, 9.17) is 0 Å². The van der Waals surface area contributed by atoms with E-state index in [1.807, 2.05) is 32.0 Å². The molecule has 2 aromatic rings. The number of quaternary nitrogens is 1. The zero-order valence-electron chi connectivity index (χ0n) is 15.4. The molecule has 2 rings (SSSR count). The van der Waals surface area contributed by atoms with E-state index in [1.54, 1.807) is 0 Å². The van der Waals surface area contributed by atoms with Crippen molar-refractivity contribution < 1.29 is 10.0 Å². The first kappa shape index (κ1) is 17.7. The van der Waals surface area contributed by atoms with Gasteiger partial charge in [-0.25, -0.2) is 0 Å². The highest BCUT2D eigenvalue weighted by Crippen LogP contribution is 2.27. The van der Waals surface area contributed by atoms with Crippen molar-refractivity contribution in [2.75, 3.05) is 13.1 Å². The Bertz CT molecular complexity index is 667. The number of pyridine rings is 1. The Morgan fingerprint density at radius 2 is 1.65 bits per heavy atom. The van der Waals surface area contributed by atoms with Gasteiger partial charge in [0, 0.05) is 23.1 Å². The highest BCUT2D eigenvalue weighted by Gasteiger charge is 2.17. The third-order valence-electron chi connectivity index (χ3n) is 4.22. The van der Waals surface area contributed by atoms with E-state index in [1.165, 1.54) is 4.90 Å². The lowest BCUT2D eigenvalue weighted by Gasteiger charge is -2.27. The van der Waals surface area contributed by atoms with E-state index >= 15 is 0 Å². The van der Waals surface area contributed by atoms with E-state index in [0.29, 0.717) is 11.8 Å². The van der Waals surface area contributed by atoms with Crippen molar-refractivity contribution in [3.63, 3.8) is 0 Å². The van der Waals surface area contributed by atoms with Gasteiger partial charge in [-0.05, 0) is 25.3 Å². The number of nitrogens with zero attached hydrogens (tertiary/aromatic N) is 1. The average molecular weight is 314 g/mol. The van der Waals surface area contributed by atoms with E-state index in [0.717, 1.165) is 47.4 Å². The Labute approximate surface area is 140 Å². The van der Waals surface area contributed by atoms with Crippen LogP contribution in [0.25, 0.3) is 10.9 Å². The van der Waals surface area contributed by atoms with Crippen molar-refractivity contribution in [3.05, 3.63) is 35.0 Å². The number of nitrogens with one attached hydrogen (secondary N) is 1. The minimum Gasteiger partial charge on any atom is -0.872 e. The van der Waals surface area contributed by atoms with Crippen LogP contribution in [0.15, 0.2) is 18.2 Å². The number of hydrogen-bond acceptors (Lipinski definition) is 2. The average Bonchev–Trinajstić information content (AvgIpc) is 2.43. The minimum absolute atomic E-state index is 0.168. The van der Waals surface area contributed by atoms with Gasteiger partial charge in [-0.1, -0.05) is 51.1 Å². The molecule has 1 heterocycles. The van der Waals surface area contributed by atoms with Gasteiger partial charge in [0.1, 0.15) is 6.54 Å². The van der Waals surface area contributed by atoms with Gasteiger partial charge in [0.2, 0.25) is 0 Å². The molecule has 0 unspecified atom stereocenters. The molecule has 0 radical (unpaired) electrons. The molecule has 0 saturated heterocycles. The van der Waals surface area contributed by atoms with Crippen molar-refractivity contribution >= 4 is 10.9 Å². The van der Waals surface area contributed by atoms with Gasteiger partial charge >= 0.3 is 0 Å². The summed E-state index contributed by atoms with van der Waals surface area (Å²) in [7, 11) is 0.